The maximum absolute atomic E-state index is 6.37. The molecular weight excluding hydrogens is 511 g/mol. The molecule has 0 heterocycles. The lowest BCUT2D eigenvalue weighted by molar-refractivity contribution is 0.208. The fraction of sp³-hybridized carbons (Fsp3) is 0.667. The van der Waals surface area contributed by atoms with E-state index in [0.29, 0.717) is 12.5 Å². The molecule has 226 valence electrons. The molecule has 0 bridgehead atoms. The second-order valence-corrected chi connectivity index (χ2v) is 16.5. The predicted molar refractivity (Wildman–Crippen MR) is 175 cm³/mol. The van der Waals surface area contributed by atoms with E-state index in [9.17, 15) is 0 Å². The first-order chi connectivity index (χ1) is 18.4. The Morgan fingerprint density at radius 3 is 1.35 bits per heavy atom. The number of unbranched alkanes of at least 4 members (excludes halogenated alkanes) is 1. The second kappa shape index (κ2) is 14.6. The predicted octanol–water partition coefficient (Wildman–Crippen LogP) is 12.0. The molecule has 2 aromatic carbocycles. The van der Waals surface area contributed by atoms with Crippen LogP contribution in [0.5, 0.6) is 11.5 Å². The van der Waals surface area contributed by atoms with E-state index in [2.05, 4.69) is 132 Å². The minimum absolute atomic E-state index is 0.0879. The summed E-state index contributed by atoms with van der Waals surface area (Å²) in [6.45, 7) is 28.2. The van der Waals surface area contributed by atoms with Gasteiger partial charge in [-0.25, -0.2) is 0 Å². The van der Waals surface area contributed by atoms with Crippen LogP contribution in [0, 0.1) is 16.7 Å². The molecule has 0 saturated carbocycles. The van der Waals surface area contributed by atoms with Crippen molar-refractivity contribution in [1.82, 2.24) is 0 Å². The van der Waals surface area contributed by atoms with Gasteiger partial charge in [0.25, 0.3) is 0 Å². The van der Waals surface area contributed by atoms with Gasteiger partial charge in [0.2, 0.25) is 0 Å². The van der Waals surface area contributed by atoms with E-state index >= 15 is 0 Å². The summed E-state index contributed by atoms with van der Waals surface area (Å²) in [7, 11) is -1.59. The van der Waals surface area contributed by atoms with Crippen molar-refractivity contribution in [2.45, 2.75) is 132 Å². The van der Waals surface area contributed by atoms with Gasteiger partial charge in [0.05, 0.1) is 6.61 Å². The molecule has 0 aromatic heterocycles. The van der Waals surface area contributed by atoms with Gasteiger partial charge in [-0.2, -0.15) is 0 Å². The summed E-state index contributed by atoms with van der Waals surface area (Å²) in [6.07, 6.45) is 6.91. The third-order valence-corrected chi connectivity index (χ3v) is 8.61. The van der Waals surface area contributed by atoms with Crippen LogP contribution in [0.2, 0.25) is 0 Å². The van der Waals surface area contributed by atoms with Crippen molar-refractivity contribution in [3.63, 3.8) is 0 Å². The van der Waals surface area contributed by atoms with Gasteiger partial charge < -0.3 is 9.05 Å². The van der Waals surface area contributed by atoms with Gasteiger partial charge in [-0.3, -0.25) is 4.52 Å². The first kappa shape index (κ1) is 34.6. The Balaban J connectivity index is 2.20. The van der Waals surface area contributed by atoms with E-state index in [1.807, 2.05) is 0 Å². The smallest absolute Gasteiger partial charge is 0.418 e. The molecule has 4 heteroatoms. The summed E-state index contributed by atoms with van der Waals surface area (Å²) in [5.41, 5.74) is 3.34. The molecule has 0 saturated heterocycles. The minimum atomic E-state index is -1.59. The molecule has 0 N–H and O–H groups in total. The van der Waals surface area contributed by atoms with E-state index in [4.69, 9.17) is 13.6 Å². The Morgan fingerprint density at radius 2 is 1.02 bits per heavy atom. The van der Waals surface area contributed by atoms with Gasteiger partial charge >= 0.3 is 8.60 Å². The Bertz CT molecular complexity index is 921. The molecule has 0 fully saturated rings. The average molecular weight is 571 g/mol. The Labute approximate surface area is 248 Å². The van der Waals surface area contributed by atoms with Crippen molar-refractivity contribution in [3.8, 4) is 11.5 Å². The van der Waals surface area contributed by atoms with Crippen LogP contribution in [0.1, 0.15) is 133 Å². The molecule has 0 aliphatic heterocycles. The third kappa shape index (κ3) is 12.1. The molecule has 40 heavy (non-hydrogen) atoms. The molecule has 0 amide bonds. The second-order valence-electron chi connectivity index (χ2n) is 15.4. The molecule has 3 nitrogen and oxygen atoms in total. The maximum Gasteiger partial charge on any atom is 0.463 e. The lowest BCUT2D eigenvalue weighted by Gasteiger charge is -2.33. The quantitative estimate of drug-likeness (QED) is 0.199. The van der Waals surface area contributed by atoms with Gasteiger partial charge in [0.1, 0.15) is 11.5 Å². The zero-order valence-corrected chi connectivity index (χ0v) is 28.7. The summed E-state index contributed by atoms with van der Waals surface area (Å²) in [5, 5.41) is 0. The highest BCUT2D eigenvalue weighted by Crippen LogP contribution is 2.44. The van der Waals surface area contributed by atoms with Gasteiger partial charge in [-0.15, -0.1) is 0 Å². The molecule has 1 unspecified atom stereocenters. The lowest BCUT2D eigenvalue weighted by Crippen LogP contribution is -2.24. The fourth-order valence-corrected chi connectivity index (χ4v) is 7.16. The molecule has 2 rings (SSSR count). The van der Waals surface area contributed by atoms with Gasteiger partial charge in [-0.1, -0.05) is 127 Å². The molecule has 0 radical (unpaired) electrons. The van der Waals surface area contributed by atoms with Crippen LogP contribution in [0.3, 0.4) is 0 Å². The summed E-state index contributed by atoms with van der Waals surface area (Å²) in [5.74, 6) is 2.08. The van der Waals surface area contributed by atoms with Crippen LogP contribution in [-0.4, -0.2) is 6.61 Å². The highest BCUT2D eigenvalue weighted by atomic mass is 31.2. The molecule has 1 atom stereocenters. The van der Waals surface area contributed by atoms with Crippen molar-refractivity contribution in [1.29, 1.82) is 0 Å². The lowest BCUT2D eigenvalue weighted by atomic mass is 9.72. The molecular formula is C36H59O3P. The maximum atomic E-state index is 6.37. The van der Waals surface area contributed by atoms with E-state index < -0.39 is 8.60 Å². The van der Waals surface area contributed by atoms with Crippen molar-refractivity contribution in [3.05, 3.63) is 59.7 Å². The summed E-state index contributed by atoms with van der Waals surface area (Å²) >= 11 is 0. The topological polar surface area (TPSA) is 27.7 Å². The van der Waals surface area contributed by atoms with Gasteiger partial charge in [-0.05, 0) is 82.2 Å². The number of rotatable bonds is 15. The summed E-state index contributed by atoms with van der Waals surface area (Å²) < 4.78 is 19.1. The fourth-order valence-electron chi connectivity index (χ4n) is 6.10. The zero-order chi connectivity index (χ0) is 30.2. The van der Waals surface area contributed by atoms with Crippen LogP contribution < -0.4 is 9.05 Å². The van der Waals surface area contributed by atoms with Crippen LogP contribution in [-0.2, 0) is 15.4 Å². The largest absolute Gasteiger partial charge is 0.463 e. The van der Waals surface area contributed by atoms with E-state index in [0.717, 1.165) is 30.8 Å². The molecule has 2 aromatic rings. The number of benzene rings is 2. The first-order valence-electron chi connectivity index (χ1n) is 15.4. The highest BCUT2D eigenvalue weighted by molar-refractivity contribution is 7.42. The Kier molecular flexibility index (Phi) is 12.6. The van der Waals surface area contributed by atoms with Gasteiger partial charge in [0.15, 0.2) is 0 Å². The molecule has 0 aliphatic carbocycles. The number of hydrogen-bond acceptors (Lipinski definition) is 3. The van der Waals surface area contributed by atoms with E-state index in [-0.39, 0.29) is 21.7 Å². The Morgan fingerprint density at radius 1 is 0.625 bits per heavy atom. The standard InChI is InChI=1S/C36H59O3P/c1-13-15-16-28(14-2)25-37-40(38-31-21-17-29(18-22-31)35(9,10)26-33(3,4)5)39-32-23-19-30(20-24-32)36(11,12)27-34(6,7)8/h17-24,28H,13-16,25-27H2,1-12H3. The van der Waals surface area contributed by atoms with Gasteiger partial charge in [0, 0.05) is 0 Å². The summed E-state index contributed by atoms with van der Waals surface area (Å²) in [6, 6.07) is 17.0. The monoisotopic (exact) mass is 570 g/mol. The molecule has 0 spiro atoms. The van der Waals surface area contributed by atoms with Crippen molar-refractivity contribution in [2.75, 3.05) is 6.61 Å². The van der Waals surface area contributed by atoms with Crippen molar-refractivity contribution in [2.24, 2.45) is 16.7 Å². The first-order valence-corrected chi connectivity index (χ1v) is 16.5. The van der Waals surface area contributed by atoms with Crippen LogP contribution in [0.25, 0.3) is 0 Å². The van der Waals surface area contributed by atoms with E-state index in [1.54, 1.807) is 0 Å². The average Bonchev–Trinajstić information content (AvgIpc) is 2.82. The van der Waals surface area contributed by atoms with Crippen LogP contribution >= 0.6 is 8.60 Å². The normalized spacial score (nSPS) is 13.9. The van der Waals surface area contributed by atoms with Crippen LogP contribution in [0.4, 0.5) is 0 Å². The summed E-state index contributed by atoms with van der Waals surface area (Å²) in [4.78, 5) is 0. The highest BCUT2D eigenvalue weighted by Gasteiger charge is 2.29. The number of hydrogen-bond donors (Lipinski definition) is 0. The Hall–Kier alpha value is -1.57. The zero-order valence-electron chi connectivity index (χ0n) is 27.8. The molecule has 0 aliphatic rings. The van der Waals surface area contributed by atoms with Crippen molar-refractivity contribution >= 4 is 8.60 Å². The van der Waals surface area contributed by atoms with Crippen molar-refractivity contribution < 1.29 is 13.6 Å². The third-order valence-electron chi connectivity index (χ3n) is 7.53. The van der Waals surface area contributed by atoms with Crippen LogP contribution in [0.15, 0.2) is 48.5 Å². The SMILES string of the molecule is CCCCC(CC)COP(Oc1ccc(C(C)(C)CC(C)(C)C)cc1)Oc1ccc(C(C)(C)CC(C)(C)C)cc1. The van der Waals surface area contributed by atoms with E-state index in [1.165, 1.54) is 30.4 Å². The minimum Gasteiger partial charge on any atom is -0.418 e.